The fraction of sp³-hybridized carbons (Fsp3) is 0.588. The lowest BCUT2D eigenvalue weighted by Crippen LogP contribution is -2.48. The molecule has 0 spiro atoms. The molecule has 1 saturated heterocycles. The van der Waals surface area contributed by atoms with Gasteiger partial charge in [-0.2, -0.15) is 0 Å². The van der Waals surface area contributed by atoms with Gasteiger partial charge in [-0.05, 0) is 44.0 Å². The van der Waals surface area contributed by atoms with E-state index in [-0.39, 0.29) is 11.9 Å². The summed E-state index contributed by atoms with van der Waals surface area (Å²) in [4.78, 5) is 14.9. The SMILES string of the molecule is CCC(Oc1ccc(Cl)cc1Cl)C(=O)NC1CCN(CC)CC1. The first-order chi connectivity index (χ1) is 11.0. The zero-order chi connectivity index (χ0) is 16.8. The fourth-order valence-electron chi connectivity index (χ4n) is 2.73. The van der Waals surface area contributed by atoms with E-state index < -0.39 is 6.10 Å². The molecule has 2 rings (SSSR count). The number of benzene rings is 1. The van der Waals surface area contributed by atoms with Gasteiger partial charge in [0, 0.05) is 24.2 Å². The molecule has 1 fully saturated rings. The van der Waals surface area contributed by atoms with Crippen LogP contribution in [0.1, 0.15) is 33.1 Å². The fourth-order valence-corrected chi connectivity index (χ4v) is 3.19. The molecular formula is C17H24Cl2N2O2. The Morgan fingerprint density at radius 1 is 1.35 bits per heavy atom. The highest BCUT2D eigenvalue weighted by molar-refractivity contribution is 6.35. The average molecular weight is 359 g/mol. The summed E-state index contributed by atoms with van der Waals surface area (Å²) in [6, 6.07) is 5.24. The number of hydrogen-bond donors (Lipinski definition) is 1. The molecule has 0 aromatic heterocycles. The van der Waals surface area contributed by atoms with Crippen molar-refractivity contribution in [2.75, 3.05) is 19.6 Å². The molecule has 1 amide bonds. The van der Waals surface area contributed by atoms with Gasteiger partial charge in [0.05, 0.1) is 5.02 Å². The number of nitrogens with zero attached hydrogens (tertiary/aromatic N) is 1. The normalized spacial score (nSPS) is 17.7. The number of amides is 1. The van der Waals surface area contributed by atoms with E-state index in [1.165, 1.54) is 0 Å². The van der Waals surface area contributed by atoms with Crippen molar-refractivity contribution in [3.63, 3.8) is 0 Å². The summed E-state index contributed by atoms with van der Waals surface area (Å²) in [5.74, 6) is 0.410. The monoisotopic (exact) mass is 358 g/mol. The number of likely N-dealkylation sites (tertiary alicyclic amines) is 1. The van der Waals surface area contributed by atoms with Crippen molar-refractivity contribution in [3.8, 4) is 5.75 Å². The van der Waals surface area contributed by atoms with Gasteiger partial charge in [0.1, 0.15) is 5.75 Å². The van der Waals surface area contributed by atoms with Gasteiger partial charge in [0.2, 0.25) is 0 Å². The quantitative estimate of drug-likeness (QED) is 0.841. The Morgan fingerprint density at radius 2 is 2.04 bits per heavy atom. The van der Waals surface area contributed by atoms with Crippen molar-refractivity contribution < 1.29 is 9.53 Å². The highest BCUT2D eigenvalue weighted by Crippen LogP contribution is 2.28. The summed E-state index contributed by atoms with van der Waals surface area (Å²) in [6.07, 6.45) is 2.01. The molecule has 4 nitrogen and oxygen atoms in total. The lowest BCUT2D eigenvalue weighted by atomic mass is 10.0. The smallest absolute Gasteiger partial charge is 0.261 e. The van der Waals surface area contributed by atoms with E-state index in [1.807, 2.05) is 6.92 Å². The molecule has 0 aliphatic carbocycles. The molecule has 1 aliphatic rings. The van der Waals surface area contributed by atoms with Crippen LogP contribution in [0.5, 0.6) is 5.75 Å². The maximum Gasteiger partial charge on any atom is 0.261 e. The van der Waals surface area contributed by atoms with Crippen molar-refractivity contribution >= 4 is 29.1 Å². The molecule has 23 heavy (non-hydrogen) atoms. The predicted octanol–water partition coefficient (Wildman–Crippen LogP) is 3.75. The summed E-state index contributed by atoms with van der Waals surface area (Å²) >= 11 is 12.0. The van der Waals surface area contributed by atoms with Gasteiger partial charge in [-0.1, -0.05) is 37.0 Å². The molecule has 0 saturated carbocycles. The van der Waals surface area contributed by atoms with Crippen molar-refractivity contribution in [2.24, 2.45) is 0 Å². The third-order valence-electron chi connectivity index (χ3n) is 4.21. The van der Waals surface area contributed by atoms with Gasteiger partial charge in [0.15, 0.2) is 6.10 Å². The first-order valence-electron chi connectivity index (χ1n) is 8.17. The Morgan fingerprint density at radius 3 is 2.61 bits per heavy atom. The number of rotatable bonds is 6. The number of nitrogens with one attached hydrogen (secondary N) is 1. The van der Waals surface area contributed by atoms with Crippen LogP contribution in [-0.2, 0) is 4.79 Å². The van der Waals surface area contributed by atoms with Crippen LogP contribution in [0.15, 0.2) is 18.2 Å². The van der Waals surface area contributed by atoms with Crippen molar-refractivity contribution in [2.45, 2.75) is 45.3 Å². The Bertz CT molecular complexity index is 531. The zero-order valence-corrected chi connectivity index (χ0v) is 15.2. The van der Waals surface area contributed by atoms with Crippen LogP contribution in [0.3, 0.4) is 0 Å². The Labute approximate surface area is 148 Å². The molecule has 1 heterocycles. The van der Waals surface area contributed by atoms with E-state index in [0.717, 1.165) is 32.5 Å². The van der Waals surface area contributed by atoms with E-state index >= 15 is 0 Å². The van der Waals surface area contributed by atoms with Crippen LogP contribution in [0.25, 0.3) is 0 Å². The molecule has 1 N–H and O–H groups in total. The molecule has 1 aromatic carbocycles. The lowest BCUT2D eigenvalue weighted by molar-refractivity contribution is -0.129. The van der Waals surface area contributed by atoms with Gasteiger partial charge >= 0.3 is 0 Å². The minimum absolute atomic E-state index is 0.0755. The standard InChI is InChI=1S/C17H24Cl2N2O2/c1-3-15(23-16-6-5-12(18)11-14(16)19)17(22)20-13-7-9-21(4-2)10-8-13/h5-6,11,13,15H,3-4,7-10H2,1-2H3,(H,20,22). The molecule has 0 radical (unpaired) electrons. The van der Waals surface area contributed by atoms with Crippen LogP contribution in [-0.4, -0.2) is 42.6 Å². The summed E-state index contributed by atoms with van der Waals surface area (Å²) in [5.41, 5.74) is 0. The minimum Gasteiger partial charge on any atom is -0.479 e. The second-order valence-corrected chi connectivity index (χ2v) is 6.65. The largest absolute Gasteiger partial charge is 0.479 e. The van der Waals surface area contributed by atoms with Gasteiger partial charge in [-0.25, -0.2) is 0 Å². The van der Waals surface area contributed by atoms with Gasteiger partial charge in [0.25, 0.3) is 5.91 Å². The van der Waals surface area contributed by atoms with Crippen molar-refractivity contribution in [3.05, 3.63) is 28.2 Å². The Kier molecular flexibility index (Phi) is 7.00. The molecule has 1 aliphatic heterocycles. The van der Waals surface area contributed by atoms with Crippen LogP contribution < -0.4 is 10.1 Å². The van der Waals surface area contributed by atoms with E-state index in [2.05, 4.69) is 17.1 Å². The highest BCUT2D eigenvalue weighted by Gasteiger charge is 2.25. The van der Waals surface area contributed by atoms with Gasteiger partial charge < -0.3 is 15.0 Å². The maximum atomic E-state index is 12.5. The molecule has 1 aromatic rings. The second kappa shape index (κ2) is 8.76. The van der Waals surface area contributed by atoms with E-state index in [4.69, 9.17) is 27.9 Å². The first kappa shape index (κ1) is 18.4. The minimum atomic E-state index is -0.544. The molecule has 128 valence electrons. The highest BCUT2D eigenvalue weighted by atomic mass is 35.5. The summed E-state index contributed by atoms with van der Waals surface area (Å²) in [6.45, 7) is 7.21. The molecule has 1 unspecified atom stereocenters. The number of hydrogen-bond acceptors (Lipinski definition) is 3. The Hall–Kier alpha value is -0.970. The van der Waals surface area contributed by atoms with E-state index in [0.29, 0.717) is 22.2 Å². The number of carbonyl (C=O) groups is 1. The van der Waals surface area contributed by atoms with Crippen LogP contribution in [0.4, 0.5) is 0 Å². The molecular weight excluding hydrogens is 335 g/mol. The Balaban J connectivity index is 1.91. The van der Waals surface area contributed by atoms with Crippen molar-refractivity contribution in [1.82, 2.24) is 10.2 Å². The number of ether oxygens (including phenoxy) is 1. The molecule has 0 bridgehead atoms. The maximum absolute atomic E-state index is 12.5. The zero-order valence-electron chi connectivity index (χ0n) is 13.6. The summed E-state index contributed by atoms with van der Waals surface area (Å²) < 4.78 is 5.78. The van der Waals surface area contributed by atoms with E-state index in [1.54, 1.807) is 18.2 Å². The van der Waals surface area contributed by atoms with Crippen molar-refractivity contribution in [1.29, 1.82) is 0 Å². The van der Waals surface area contributed by atoms with Gasteiger partial charge in [-0.3, -0.25) is 4.79 Å². The second-order valence-electron chi connectivity index (χ2n) is 5.81. The molecule has 6 heteroatoms. The predicted molar refractivity (Wildman–Crippen MR) is 94.4 cm³/mol. The average Bonchev–Trinajstić information content (AvgIpc) is 2.54. The van der Waals surface area contributed by atoms with Gasteiger partial charge in [-0.15, -0.1) is 0 Å². The van der Waals surface area contributed by atoms with E-state index in [9.17, 15) is 4.79 Å². The summed E-state index contributed by atoms with van der Waals surface area (Å²) in [7, 11) is 0. The number of carbonyl (C=O) groups excluding carboxylic acids is 1. The molecule has 1 atom stereocenters. The first-order valence-corrected chi connectivity index (χ1v) is 8.93. The van der Waals surface area contributed by atoms with Crippen LogP contribution in [0.2, 0.25) is 10.0 Å². The topological polar surface area (TPSA) is 41.6 Å². The summed E-state index contributed by atoms with van der Waals surface area (Å²) in [5, 5.41) is 4.07. The van der Waals surface area contributed by atoms with Crippen LogP contribution in [0, 0.1) is 0 Å². The lowest BCUT2D eigenvalue weighted by Gasteiger charge is -2.32. The third-order valence-corrected chi connectivity index (χ3v) is 4.74. The number of piperidine rings is 1. The number of halogens is 2. The van der Waals surface area contributed by atoms with Crippen LogP contribution >= 0.6 is 23.2 Å². The third kappa shape index (κ3) is 5.27.